The summed E-state index contributed by atoms with van der Waals surface area (Å²) in [5.41, 5.74) is 0.466. The molecule has 0 fully saturated rings. The number of hydrogen-bond acceptors (Lipinski definition) is 3. The summed E-state index contributed by atoms with van der Waals surface area (Å²) in [7, 11) is 0. The van der Waals surface area contributed by atoms with Crippen LogP contribution in [0.15, 0.2) is 41.0 Å². The maximum Gasteiger partial charge on any atom is 0.251 e. The Bertz CT molecular complexity index is 581. The van der Waals surface area contributed by atoms with E-state index in [4.69, 9.17) is 4.42 Å². The number of benzene rings is 1. The average Bonchev–Trinajstić information content (AvgIpc) is 2.92. The Kier molecular flexibility index (Phi) is 5.05. The van der Waals surface area contributed by atoms with Crippen LogP contribution in [0.2, 0.25) is 0 Å². The fraction of sp³-hybridized carbons (Fsp3) is 0.267. The molecule has 2 aromatic rings. The molecule has 0 aliphatic rings. The standard InChI is InChI=1S/C15H16INO3/c1-10(4-6-12-3-2-8-20-12)17-15(19)11-5-7-13(16)14(18)9-11/h2-3,5,7-10,18H,4,6H2,1H3,(H,17,19). The van der Waals surface area contributed by atoms with Gasteiger partial charge < -0.3 is 14.8 Å². The Labute approximate surface area is 131 Å². The lowest BCUT2D eigenvalue weighted by Crippen LogP contribution is -2.32. The van der Waals surface area contributed by atoms with Crippen molar-refractivity contribution in [1.29, 1.82) is 0 Å². The Morgan fingerprint density at radius 2 is 2.25 bits per heavy atom. The molecule has 5 heteroatoms. The van der Waals surface area contributed by atoms with Crippen LogP contribution in [-0.4, -0.2) is 17.1 Å². The molecule has 0 spiro atoms. The van der Waals surface area contributed by atoms with Crippen molar-refractivity contribution in [2.75, 3.05) is 0 Å². The first-order valence-electron chi connectivity index (χ1n) is 6.38. The maximum absolute atomic E-state index is 12.0. The molecule has 4 nitrogen and oxygen atoms in total. The predicted molar refractivity (Wildman–Crippen MR) is 84.8 cm³/mol. The molecule has 1 heterocycles. The highest BCUT2D eigenvalue weighted by Gasteiger charge is 2.12. The number of carbonyl (C=O) groups is 1. The van der Waals surface area contributed by atoms with Crippen LogP contribution in [0.5, 0.6) is 5.75 Å². The third-order valence-corrected chi connectivity index (χ3v) is 3.90. The number of furan rings is 1. The first kappa shape index (κ1) is 14.9. The zero-order valence-electron chi connectivity index (χ0n) is 11.1. The number of phenolic OH excluding ortho intramolecular Hbond substituents is 1. The van der Waals surface area contributed by atoms with Gasteiger partial charge in [-0.2, -0.15) is 0 Å². The SMILES string of the molecule is CC(CCc1ccco1)NC(=O)c1ccc(I)c(O)c1. The average molecular weight is 385 g/mol. The Morgan fingerprint density at radius 3 is 2.90 bits per heavy atom. The minimum Gasteiger partial charge on any atom is -0.507 e. The zero-order chi connectivity index (χ0) is 14.5. The molecule has 1 aromatic heterocycles. The van der Waals surface area contributed by atoms with Crippen LogP contribution in [0.4, 0.5) is 0 Å². The van der Waals surface area contributed by atoms with Crippen molar-refractivity contribution in [3.8, 4) is 5.75 Å². The van der Waals surface area contributed by atoms with E-state index in [1.165, 1.54) is 6.07 Å². The van der Waals surface area contributed by atoms with Crippen LogP contribution >= 0.6 is 22.6 Å². The molecule has 1 aromatic carbocycles. The quantitative estimate of drug-likeness (QED) is 0.777. The van der Waals surface area contributed by atoms with Crippen molar-refractivity contribution in [2.24, 2.45) is 0 Å². The van der Waals surface area contributed by atoms with Crippen LogP contribution in [-0.2, 0) is 6.42 Å². The molecule has 1 unspecified atom stereocenters. The van der Waals surface area contributed by atoms with Crippen LogP contribution in [0.3, 0.4) is 0 Å². The lowest BCUT2D eigenvalue weighted by atomic mass is 10.1. The second-order valence-corrected chi connectivity index (χ2v) is 5.82. The summed E-state index contributed by atoms with van der Waals surface area (Å²) < 4.78 is 5.98. The molecule has 2 rings (SSSR count). The van der Waals surface area contributed by atoms with Gasteiger partial charge in [0.25, 0.3) is 5.91 Å². The highest BCUT2D eigenvalue weighted by Crippen LogP contribution is 2.20. The minimum absolute atomic E-state index is 0.0361. The van der Waals surface area contributed by atoms with Crippen molar-refractivity contribution in [3.63, 3.8) is 0 Å². The van der Waals surface area contributed by atoms with Gasteiger partial charge in [-0.25, -0.2) is 0 Å². The molecule has 0 aliphatic heterocycles. The van der Waals surface area contributed by atoms with Gasteiger partial charge in [0.05, 0.1) is 9.83 Å². The van der Waals surface area contributed by atoms with Gasteiger partial charge in [0.15, 0.2) is 0 Å². The Morgan fingerprint density at radius 1 is 1.45 bits per heavy atom. The van der Waals surface area contributed by atoms with Gasteiger partial charge in [-0.05, 0) is 66.3 Å². The number of aromatic hydroxyl groups is 1. The fourth-order valence-corrected chi connectivity index (χ4v) is 2.18. The van der Waals surface area contributed by atoms with Crippen LogP contribution in [0.25, 0.3) is 0 Å². The highest BCUT2D eigenvalue weighted by molar-refractivity contribution is 14.1. The summed E-state index contributed by atoms with van der Waals surface area (Å²) in [6, 6.07) is 8.72. The maximum atomic E-state index is 12.0. The van der Waals surface area contributed by atoms with Crippen LogP contribution < -0.4 is 5.32 Å². The fourth-order valence-electron chi connectivity index (χ4n) is 1.85. The lowest BCUT2D eigenvalue weighted by molar-refractivity contribution is 0.0937. The van der Waals surface area contributed by atoms with Gasteiger partial charge in [0.2, 0.25) is 0 Å². The van der Waals surface area contributed by atoms with E-state index in [9.17, 15) is 9.90 Å². The first-order chi connectivity index (χ1) is 9.56. The minimum atomic E-state index is -0.177. The molecule has 20 heavy (non-hydrogen) atoms. The molecule has 0 aliphatic carbocycles. The number of rotatable bonds is 5. The van der Waals surface area contributed by atoms with E-state index in [0.717, 1.165) is 22.2 Å². The zero-order valence-corrected chi connectivity index (χ0v) is 13.3. The van der Waals surface area contributed by atoms with Gasteiger partial charge in [0, 0.05) is 18.0 Å². The number of nitrogens with one attached hydrogen (secondary N) is 1. The predicted octanol–water partition coefficient (Wildman–Crippen LogP) is 3.34. The highest BCUT2D eigenvalue weighted by atomic mass is 127. The molecule has 106 valence electrons. The van der Waals surface area contributed by atoms with Crippen molar-refractivity contribution in [2.45, 2.75) is 25.8 Å². The number of amides is 1. The number of phenols is 1. The van der Waals surface area contributed by atoms with Gasteiger partial charge in [-0.3, -0.25) is 4.79 Å². The van der Waals surface area contributed by atoms with Crippen molar-refractivity contribution in [1.82, 2.24) is 5.32 Å². The molecular weight excluding hydrogens is 369 g/mol. The molecule has 2 N–H and O–H groups in total. The third kappa shape index (κ3) is 4.00. The van der Waals surface area contributed by atoms with Crippen molar-refractivity contribution in [3.05, 3.63) is 51.5 Å². The summed E-state index contributed by atoms with van der Waals surface area (Å²) in [5.74, 6) is 0.864. The van der Waals surface area contributed by atoms with Gasteiger partial charge in [0.1, 0.15) is 11.5 Å². The van der Waals surface area contributed by atoms with E-state index >= 15 is 0 Å². The number of hydrogen-bond donors (Lipinski definition) is 2. The molecule has 1 amide bonds. The first-order valence-corrected chi connectivity index (χ1v) is 7.46. The van der Waals surface area contributed by atoms with E-state index in [0.29, 0.717) is 5.56 Å². The molecule has 0 saturated heterocycles. The molecule has 1 atom stereocenters. The largest absolute Gasteiger partial charge is 0.507 e. The van der Waals surface area contributed by atoms with Crippen molar-refractivity contribution < 1.29 is 14.3 Å². The van der Waals surface area contributed by atoms with E-state index in [1.807, 2.05) is 41.6 Å². The summed E-state index contributed by atoms with van der Waals surface area (Å²) in [6.45, 7) is 1.95. The van der Waals surface area contributed by atoms with E-state index in [2.05, 4.69) is 5.32 Å². The number of aryl methyl sites for hydroxylation is 1. The van der Waals surface area contributed by atoms with Crippen LogP contribution in [0, 0.1) is 3.57 Å². The number of halogens is 1. The smallest absolute Gasteiger partial charge is 0.251 e. The molecular formula is C15H16INO3. The van der Waals surface area contributed by atoms with E-state index in [-0.39, 0.29) is 17.7 Å². The lowest BCUT2D eigenvalue weighted by Gasteiger charge is -2.13. The molecule has 0 saturated carbocycles. The van der Waals surface area contributed by atoms with E-state index in [1.54, 1.807) is 18.4 Å². The topological polar surface area (TPSA) is 62.5 Å². The van der Waals surface area contributed by atoms with Gasteiger partial charge in [-0.1, -0.05) is 0 Å². The molecule has 0 bridgehead atoms. The second kappa shape index (κ2) is 6.78. The summed E-state index contributed by atoms with van der Waals surface area (Å²) >= 11 is 2.02. The number of carbonyl (C=O) groups excluding carboxylic acids is 1. The Hall–Kier alpha value is -1.50. The van der Waals surface area contributed by atoms with Crippen LogP contribution in [0.1, 0.15) is 29.5 Å². The Balaban J connectivity index is 1.88. The van der Waals surface area contributed by atoms with Gasteiger partial charge >= 0.3 is 0 Å². The summed E-state index contributed by atoms with van der Waals surface area (Å²) in [4.78, 5) is 12.0. The monoisotopic (exact) mass is 385 g/mol. The van der Waals surface area contributed by atoms with E-state index < -0.39 is 0 Å². The second-order valence-electron chi connectivity index (χ2n) is 4.66. The summed E-state index contributed by atoms with van der Waals surface area (Å²) in [6.07, 6.45) is 3.23. The molecule has 0 radical (unpaired) electrons. The third-order valence-electron chi connectivity index (χ3n) is 2.99. The summed E-state index contributed by atoms with van der Waals surface area (Å²) in [5, 5.41) is 12.5. The normalized spacial score (nSPS) is 12.1. The van der Waals surface area contributed by atoms with Gasteiger partial charge in [-0.15, -0.1) is 0 Å². The van der Waals surface area contributed by atoms with Crippen molar-refractivity contribution >= 4 is 28.5 Å².